The standard InChI is InChI=1S/C24H20BrFN2O4/c1-2-13-31-21-10-5-17(6-11-21)24(30)32-22-12-7-19(25)14-18(22)15-27-28-23(29)16-3-8-20(26)9-4-16/h3-12,14-15H,2,13H2,1H3,(H,28,29)/b27-15-. The van der Waals surface area contributed by atoms with E-state index in [1.807, 2.05) is 6.92 Å². The van der Waals surface area contributed by atoms with Crippen molar-refractivity contribution in [2.45, 2.75) is 13.3 Å². The van der Waals surface area contributed by atoms with Crippen LogP contribution in [0.3, 0.4) is 0 Å². The van der Waals surface area contributed by atoms with Crippen molar-refractivity contribution in [3.05, 3.63) is 93.7 Å². The average molecular weight is 499 g/mol. The Morgan fingerprint density at radius 1 is 1.03 bits per heavy atom. The third-order valence-electron chi connectivity index (χ3n) is 4.21. The maximum absolute atomic E-state index is 13.0. The molecule has 3 rings (SSSR count). The van der Waals surface area contributed by atoms with Crippen LogP contribution in [0.25, 0.3) is 0 Å². The summed E-state index contributed by atoms with van der Waals surface area (Å²) >= 11 is 3.36. The Bertz CT molecular complexity index is 1120. The third kappa shape index (κ3) is 6.49. The molecule has 0 aliphatic rings. The third-order valence-corrected chi connectivity index (χ3v) is 4.71. The summed E-state index contributed by atoms with van der Waals surface area (Å²) in [6.07, 6.45) is 2.25. The minimum absolute atomic E-state index is 0.260. The molecular weight excluding hydrogens is 479 g/mol. The zero-order chi connectivity index (χ0) is 22.9. The number of hydrogen-bond donors (Lipinski definition) is 1. The van der Waals surface area contributed by atoms with Gasteiger partial charge < -0.3 is 9.47 Å². The van der Waals surface area contributed by atoms with Crippen LogP contribution in [-0.2, 0) is 0 Å². The van der Waals surface area contributed by atoms with Crippen LogP contribution in [0.4, 0.5) is 4.39 Å². The Kier molecular flexibility index (Phi) is 8.10. The van der Waals surface area contributed by atoms with Crippen molar-refractivity contribution in [2.75, 3.05) is 6.61 Å². The van der Waals surface area contributed by atoms with Gasteiger partial charge in [-0.3, -0.25) is 4.79 Å². The number of carbonyl (C=O) groups excluding carboxylic acids is 2. The molecule has 1 amide bonds. The zero-order valence-corrected chi connectivity index (χ0v) is 18.8. The van der Waals surface area contributed by atoms with Gasteiger partial charge in [-0.2, -0.15) is 5.10 Å². The average Bonchev–Trinajstić information content (AvgIpc) is 2.80. The zero-order valence-electron chi connectivity index (χ0n) is 17.2. The molecule has 3 aromatic rings. The smallest absolute Gasteiger partial charge is 0.343 e. The van der Waals surface area contributed by atoms with Crippen LogP contribution in [-0.4, -0.2) is 24.7 Å². The summed E-state index contributed by atoms with van der Waals surface area (Å²) in [5, 5.41) is 3.92. The van der Waals surface area contributed by atoms with Crippen LogP contribution in [0.2, 0.25) is 0 Å². The van der Waals surface area contributed by atoms with E-state index in [4.69, 9.17) is 9.47 Å². The summed E-state index contributed by atoms with van der Waals surface area (Å²) in [6, 6.07) is 16.8. The van der Waals surface area contributed by atoms with Gasteiger partial charge >= 0.3 is 5.97 Å². The first-order chi connectivity index (χ1) is 15.5. The number of ether oxygens (including phenoxy) is 2. The minimum Gasteiger partial charge on any atom is -0.494 e. The monoisotopic (exact) mass is 498 g/mol. The molecule has 6 nitrogen and oxygen atoms in total. The van der Waals surface area contributed by atoms with Gasteiger partial charge in [-0.1, -0.05) is 22.9 Å². The molecular formula is C24H20BrFN2O4. The Balaban J connectivity index is 1.69. The lowest BCUT2D eigenvalue weighted by atomic mass is 10.2. The number of halogens is 2. The predicted octanol–water partition coefficient (Wildman–Crippen LogP) is 5.36. The fourth-order valence-corrected chi connectivity index (χ4v) is 2.98. The van der Waals surface area contributed by atoms with Gasteiger partial charge in [0.05, 0.1) is 18.4 Å². The Morgan fingerprint density at radius 2 is 1.72 bits per heavy atom. The molecule has 0 aromatic heterocycles. The van der Waals surface area contributed by atoms with E-state index < -0.39 is 17.7 Å². The number of nitrogens with one attached hydrogen (secondary N) is 1. The molecule has 0 spiro atoms. The molecule has 1 N–H and O–H groups in total. The first-order valence-corrected chi connectivity index (χ1v) is 10.6. The van der Waals surface area contributed by atoms with E-state index in [-0.39, 0.29) is 11.3 Å². The van der Waals surface area contributed by atoms with Crippen molar-refractivity contribution >= 4 is 34.0 Å². The fraction of sp³-hybridized carbons (Fsp3) is 0.125. The van der Waals surface area contributed by atoms with Gasteiger partial charge in [0, 0.05) is 15.6 Å². The number of carbonyl (C=O) groups is 2. The van der Waals surface area contributed by atoms with Gasteiger partial charge in [-0.05, 0) is 73.2 Å². The predicted molar refractivity (Wildman–Crippen MR) is 123 cm³/mol. The van der Waals surface area contributed by atoms with E-state index in [0.717, 1.165) is 10.9 Å². The minimum atomic E-state index is -0.542. The van der Waals surface area contributed by atoms with Gasteiger partial charge in [0.2, 0.25) is 0 Å². The molecule has 0 bridgehead atoms. The number of hydrogen-bond acceptors (Lipinski definition) is 5. The van der Waals surface area contributed by atoms with E-state index in [1.165, 1.54) is 30.5 Å². The Morgan fingerprint density at radius 3 is 2.41 bits per heavy atom. The van der Waals surface area contributed by atoms with E-state index in [9.17, 15) is 14.0 Å². The number of rotatable bonds is 8. The van der Waals surface area contributed by atoms with Crippen molar-refractivity contribution in [1.82, 2.24) is 5.43 Å². The number of hydrazone groups is 1. The van der Waals surface area contributed by atoms with Crippen LogP contribution in [0.15, 0.2) is 76.3 Å². The van der Waals surface area contributed by atoms with Gasteiger partial charge in [0.25, 0.3) is 5.91 Å². The number of benzene rings is 3. The second-order valence-electron chi connectivity index (χ2n) is 6.65. The van der Waals surface area contributed by atoms with Crippen molar-refractivity contribution in [3.8, 4) is 11.5 Å². The first kappa shape index (κ1) is 23.1. The molecule has 0 saturated heterocycles. The molecule has 0 unspecified atom stereocenters. The second kappa shape index (κ2) is 11.2. The molecule has 32 heavy (non-hydrogen) atoms. The van der Waals surface area contributed by atoms with Crippen LogP contribution in [0.1, 0.15) is 39.6 Å². The summed E-state index contributed by atoms with van der Waals surface area (Å²) in [7, 11) is 0. The molecule has 0 saturated carbocycles. The lowest BCUT2D eigenvalue weighted by Gasteiger charge is -2.09. The summed E-state index contributed by atoms with van der Waals surface area (Å²) < 4.78 is 24.8. The van der Waals surface area contributed by atoms with Crippen molar-refractivity contribution in [2.24, 2.45) is 5.10 Å². The molecule has 0 radical (unpaired) electrons. The van der Waals surface area contributed by atoms with E-state index in [1.54, 1.807) is 42.5 Å². The van der Waals surface area contributed by atoms with Crippen molar-refractivity contribution in [1.29, 1.82) is 0 Å². The molecule has 3 aromatic carbocycles. The topological polar surface area (TPSA) is 77.0 Å². The van der Waals surface area contributed by atoms with Gasteiger partial charge in [-0.15, -0.1) is 0 Å². The highest BCUT2D eigenvalue weighted by Gasteiger charge is 2.12. The quantitative estimate of drug-likeness (QED) is 0.196. The molecule has 0 fully saturated rings. The van der Waals surface area contributed by atoms with E-state index in [0.29, 0.717) is 23.5 Å². The number of amides is 1. The maximum atomic E-state index is 13.0. The molecule has 0 aliphatic heterocycles. The van der Waals surface area contributed by atoms with Crippen molar-refractivity contribution in [3.63, 3.8) is 0 Å². The number of nitrogens with zero attached hydrogens (tertiary/aromatic N) is 1. The summed E-state index contributed by atoms with van der Waals surface area (Å²) in [6.45, 7) is 2.61. The SMILES string of the molecule is CCCOc1ccc(C(=O)Oc2ccc(Br)cc2/C=N\NC(=O)c2ccc(F)cc2)cc1. The van der Waals surface area contributed by atoms with Crippen LogP contribution in [0.5, 0.6) is 11.5 Å². The normalized spacial score (nSPS) is 10.7. The highest BCUT2D eigenvalue weighted by atomic mass is 79.9. The van der Waals surface area contributed by atoms with Crippen LogP contribution in [0, 0.1) is 5.82 Å². The van der Waals surface area contributed by atoms with E-state index >= 15 is 0 Å². The van der Waals surface area contributed by atoms with Gasteiger partial charge in [0.1, 0.15) is 17.3 Å². The lowest BCUT2D eigenvalue weighted by Crippen LogP contribution is -2.17. The summed E-state index contributed by atoms with van der Waals surface area (Å²) in [5.41, 5.74) is 3.45. The van der Waals surface area contributed by atoms with Crippen molar-refractivity contribution < 1.29 is 23.5 Å². The van der Waals surface area contributed by atoms with Crippen LogP contribution < -0.4 is 14.9 Å². The first-order valence-electron chi connectivity index (χ1n) is 9.80. The van der Waals surface area contributed by atoms with Gasteiger partial charge in [-0.25, -0.2) is 14.6 Å². The largest absolute Gasteiger partial charge is 0.494 e. The van der Waals surface area contributed by atoms with E-state index in [2.05, 4.69) is 26.5 Å². The fourth-order valence-electron chi connectivity index (χ4n) is 2.61. The molecule has 8 heteroatoms. The van der Waals surface area contributed by atoms with Gasteiger partial charge in [0.15, 0.2) is 0 Å². The Hall–Kier alpha value is -3.52. The number of esters is 1. The summed E-state index contributed by atoms with van der Waals surface area (Å²) in [5.74, 6) is -0.533. The lowest BCUT2D eigenvalue weighted by molar-refractivity contribution is 0.0734. The second-order valence-corrected chi connectivity index (χ2v) is 7.57. The highest BCUT2D eigenvalue weighted by Crippen LogP contribution is 2.23. The summed E-state index contributed by atoms with van der Waals surface area (Å²) in [4.78, 5) is 24.7. The van der Waals surface area contributed by atoms with Crippen LogP contribution >= 0.6 is 15.9 Å². The maximum Gasteiger partial charge on any atom is 0.343 e. The molecule has 0 heterocycles. The molecule has 164 valence electrons. The molecule has 0 aliphatic carbocycles. The molecule has 0 atom stereocenters. The highest BCUT2D eigenvalue weighted by molar-refractivity contribution is 9.10. The Labute approximate surface area is 193 Å².